The van der Waals surface area contributed by atoms with E-state index < -0.39 is 34.2 Å². The van der Waals surface area contributed by atoms with Crippen LogP contribution in [0.15, 0.2) is 78.4 Å². The third kappa shape index (κ3) is 3.80. The summed E-state index contributed by atoms with van der Waals surface area (Å²) in [4.78, 5) is 37.5. The van der Waals surface area contributed by atoms with Crippen molar-refractivity contribution in [3.63, 3.8) is 0 Å². The molecular formula is C24H17FN2O6. The van der Waals surface area contributed by atoms with Gasteiger partial charge in [-0.3, -0.25) is 24.6 Å². The highest BCUT2D eigenvalue weighted by atomic mass is 19.1. The smallest absolute Gasteiger partial charge is 0.300 e. The molecule has 8 nitrogen and oxygen atoms in total. The predicted octanol–water partition coefficient (Wildman–Crippen LogP) is 4.37. The van der Waals surface area contributed by atoms with E-state index in [2.05, 4.69) is 0 Å². The summed E-state index contributed by atoms with van der Waals surface area (Å²) in [6.45, 7) is 0. The van der Waals surface area contributed by atoms with Crippen LogP contribution in [0.5, 0.6) is 5.75 Å². The van der Waals surface area contributed by atoms with Crippen molar-refractivity contribution in [2.75, 3.05) is 12.0 Å². The lowest BCUT2D eigenvalue weighted by molar-refractivity contribution is -0.384. The van der Waals surface area contributed by atoms with Crippen LogP contribution in [0.1, 0.15) is 17.2 Å². The van der Waals surface area contributed by atoms with Crippen molar-refractivity contribution >= 4 is 28.8 Å². The quantitative estimate of drug-likeness (QED) is 0.204. The number of ketones is 1. The summed E-state index contributed by atoms with van der Waals surface area (Å²) in [5, 5.41) is 21.9. The Morgan fingerprint density at radius 3 is 2.24 bits per heavy atom. The molecule has 166 valence electrons. The maximum absolute atomic E-state index is 14.8. The zero-order valence-corrected chi connectivity index (χ0v) is 17.3. The number of amides is 1. The molecule has 1 atom stereocenters. The number of aliphatic hydroxyl groups is 1. The molecule has 3 aromatic carbocycles. The summed E-state index contributed by atoms with van der Waals surface area (Å²) in [5.74, 6) is -2.67. The van der Waals surface area contributed by atoms with E-state index in [-0.39, 0.29) is 22.4 Å². The van der Waals surface area contributed by atoms with E-state index in [1.165, 1.54) is 37.4 Å². The van der Waals surface area contributed by atoms with Crippen LogP contribution < -0.4 is 9.64 Å². The number of ether oxygens (including phenoxy) is 1. The molecule has 0 unspecified atom stereocenters. The lowest BCUT2D eigenvalue weighted by atomic mass is 9.94. The number of halogens is 1. The predicted molar refractivity (Wildman–Crippen MR) is 117 cm³/mol. The summed E-state index contributed by atoms with van der Waals surface area (Å²) >= 11 is 0. The van der Waals surface area contributed by atoms with E-state index in [1.54, 1.807) is 30.3 Å². The summed E-state index contributed by atoms with van der Waals surface area (Å²) < 4.78 is 20.0. The number of hydrogen-bond acceptors (Lipinski definition) is 6. The van der Waals surface area contributed by atoms with Crippen LogP contribution in [0.25, 0.3) is 5.76 Å². The molecule has 1 aliphatic heterocycles. The molecule has 0 saturated carbocycles. The van der Waals surface area contributed by atoms with Crippen LogP contribution in [0, 0.1) is 15.9 Å². The molecule has 0 spiro atoms. The first-order valence-electron chi connectivity index (χ1n) is 9.77. The average Bonchev–Trinajstić information content (AvgIpc) is 3.09. The number of nitrogens with zero attached hydrogens (tertiary/aromatic N) is 2. The fraction of sp³-hybridized carbons (Fsp3) is 0.0833. The van der Waals surface area contributed by atoms with Crippen molar-refractivity contribution in [2.45, 2.75) is 6.04 Å². The molecule has 0 bridgehead atoms. The summed E-state index contributed by atoms with van der Waals surface area (Å²) in [5.41, 5.74) is -0.148. The Hall–Kier alpha value is -4.53. The molecule has 9 heteroatoms. The minimum atomic E-state index is -1.25. The van der Waals surface area contributed by atoms with E-state index in [0.717, 1.165) is 17.0 Å². The van der Waals surface area contributed by atoms with Gasteiger partial charge in [0.05, 0.1) is 23.6 Å². The number of anilines is 1. The van der Waals surface area contributed by atoms with Crippen molar-refractivity contribution in [2.24, 2.45) is 0 Å². The van der Waals surface area contributed by atoms with Crippen molar-refractivity contribution < 1.29 is 28.7 Å². The molecule has 1 saturated heterocycles. The van der Waals surface area contributed by atoms with Crippen molar-refractivity contribution in [1.82, 2.24) is 0 Å². The minimum absolute atomic E-state index is 0.0102. The Balaban J connectivity index is 1.91. The third-order valence-electron chi connectivity index (χ3n) is 5.35. The number of aliphatic hydroxyl groups excluding tert-OH is 1. The van der Waals surface area contributed by atoms with Gasteiger partial charge < -0.3 is 9.84 Å². The Bertz CT molecular complexity index is 1290. The fourth-order valence-electron chi connectivity index (χ4n) is 3.73. The van der Waals surface area contributed by atoms with Crippen LogP contribution in [0.4, 0.5) is 15.8 Å². The first kappa shape index (κ1) is 21.7. The van der Waals surface area contributed by atoms with Gasteiger partial charge in [0.2, 0.25) is 0 Å². The number of carbonyl (C=O) groups excluding carboxylic acids is 2. The van der Waals surface area contributed by atoms with Crippen molar-refractivity contribution in [1.29, 1.82) is 0 Å². The molecule has 0 radical (unpaired) electrons. The molecule has 0 aliphatic carbocycles. The largest absolute Gasteiger partial charge is 0.507 e. The zero-order chi connectivity index (χ0) is 23.7. The second kappa shape index (κ2) is 8.54. The Morgan fingerprint density at radius 1 is 1.03 bits per heavy atom. The average molecular weight is 448 g/mol. The Kier molecular flexibility index (Phi) is 5.61. The van der Waals surface area contributed by atoms with Gasteiger partial charge in [-0.2, -0.15) is 0 Å². The van der Waals surface area contributed by atoms with Gasteiger partial charge in [-0.15, -0.1) is 0 Å². The van der Waals surface area contributed by atoms with Gasteiger partial charge in [-0.05, 0) is 42.5 Å². The Morgan fingerprint density at radius 2 is 1.67 bits per heavy atom. The number of benzene rings is 3. The lowest BCUT2D eigenvalue weighted by Crippen LogP contribution is -2.29. The van der Waals surface area contributed by atoms with Crippen molar-refractivity contribution in [3.05, 3.63) is 105 Å². The normalized spacial score (nSPS) is 17.3. The lowest BCUT2D eigenvalue weighted by Gasteiger charge is -2.25. The highest BCUT2D eigenvalue weighted by Gasteiger charge is 2.47. The van der Waals surface area contributed by atoms with Crippen LogP contribution >= 0.6 is 0 Å². The first-order valence-corrected chi connectivity index (χ1v) is 9.77. The van der Waals surface area contributed by atoms with Crippen LogP contribution in [0.3, 0.4) is 0 Å². The minimum Gasteiger partial charge on any atom is -0.507 e. The van der Waals surface area contributed by atoms with E-state index in [9.17, 15) is 29.2 Å². The fourth-order valence-corrected chi connectivity index (χ4v) is 3.73. The van der Waals surface area contributed by atoms with Gasteiger partial charge >= 0.3 is 0 Å². The number of nitro groups is 1. The molecule has 33 heavy (non-hydrogen) atoms. The number of Topliss-reactive ketones (excluding diaryl/α,β-unsaturated/α-hetero) is 1. The number of carbonyl (C=O) groups is 2. The molecular weight excluding hydrogens is 431 g/mol. The summed E-state index contributed by atoms with van der Waals surface area (Å²) in [6.07, 6.45) is 0. The topological polar surface area (TPSA) is 110 Å². The monoisotopic (exact) mass is 448 g/mol. The number of methoxy groups -OCH3 is 1. The highest BCUT2D eigenvalue weighted by molar-refractivity contribution is 6.51. The first-order chi connectivity index (χ1) is 15.8. The van der Waals surface area contributed by atoms with Gasteiger partial charge in [0, 0.05) is 28.9 Å². The van der Waals surface area contributed by atoms with Gasteiger partial charge in [0.1, 0.15) is 17.3 Å². The molecule has 1 heterocycles. The van der Waals surface area contributed by atoms with Gasteiger partial charge in [-0.25, -0.2) is 4.39 Å². The summed E-state index contributed by atoms with van der Waals surface area (Å²) in [7, 11) is 1.48. The maximum Gasteiger partial charge on any atom is 0.300 e. The second-order valence-electron chi connectivity index (χ2n) is 7.19. The third-order valence-corrected chi connectivity index (χ3v) is 5.35. The van der Waals surface area contributed by atoms with Gasteiger partial charge in [-0.1, -0.05) is 18.2 Å². The van der Waals surface area contributed by atoms with Gasteiger partial charge in [0.15, 0.2) is 0 Å². The molecule has 1 amide bonds. The van der Waals surface area contributed by atoms with E-state index in [1.807, 2.05) is 0 Å². The Labute approximate surface area is 187 Å². The van der Waals surface area contributed by atoms with E-state index in [4.69, 9.17) is 4.74 Å². The number of rotatable bonds is 5. The molecule has 1 fully saturated rings. The number of nitro benzene ring substituents is 1. The standard InChI is InChI=1S/C24H17FN2O6/c1-33-17-12-10-15(11-13-17)26-21(18-4-2-3-5-19(18)25)20(23(29)24(26)30)22(28)14-6-8-16(9-7-14)27(31)32/h2-13,21,28H,1H3/b22-20+/t21-/m1/s1. The molecule has 1 aliphatic rings. The number of non-ortho nitro benzene ring substituents is 1. The van der Waals surface area contributed by atoms with Crippen molar-refractivity contribution in [3.8, 4) is 5.75 Å². The van der Waals surface area contributed by atoms with Crippen LogP contribution in [0.2, 0.25) is 0 Å². The molecule has 0 aromatic heterocycles. The second-order valence-corrected chi connectivity index (χ2v) is 7.19. The SMILES string of the molecule is COc1ccc(N2C(=O)C(=O)/C(=C(/O)c3ccc([N+](=O)[O-])cc3)[C@H]2c2ccccc2F)cc1. The van der Waals surface area contributed by atoms with Crippen LogP contribution in [-0.2, 0) is 9.59 Å². The highest BCUT2D eigenvalue weighted by Crippen LogP contribution is 2.43. The zero-order valence-electron chi connectivity index (χ0n) is 17.3. The molecule has 3 aromatic rings. The van der Waals surface area contributed by atoms with Crippen LogP contribution in [-0.4, -0.2) is 28.8 Å². The van der Waals surface area contributed by atoms with E-state index >= 15 is 0 Å². The summed E-state index contributed by atoms with van der Waals surface area (Å²) in [6, 6.07) is 15.5. The number of hydrogen-bond donors (Lipinski definition) is 1. The van der Waals surface area contributed by atoms with E-state index in [0.29, 0.717) is 11.4 Å². The van der Waals surface area contributed by atoms with Gasteiger partial charge in [0.25, 0.3) is 17.4 Å². The molecule has 4 rings (SSSR count). The maximum atomic E-state index is 14.8. The molecule has 1 N–H and O–H groups in total.